The zero-order chi connectivity index (χ0) is 50.2. The van der Waals surface area contributed by atoms with Crippen molar-refractivity contribution in [3.05, 3.63) is 36.1 Å². The average Bonchev–Trinajstić information content (AvgIpc) is 3.81. The Balaban J connectivity index is 1.45. The second kappa shape index (κ2) is 25.3. The van der Waals surface area contributed by atoms with Crippen molar-refractivity contribution in [3.63, 3.8) is 0 Å². The molecule has 21 atom stereocenters. The number of nitrogens with zero attached hydrogens (tertiary/aromatic N) is 2. The quantitative estimate of drug-likeness (QED) is 0.167. The van der Waals surface area contributed by atoms with Gasteiger partial charge in [-0.3, -0.25) is 9.59 Å². The van der Waals surface area contributed by atoms with Crippen LogP contribution in [0.4, 0.5) is 0 Å². The van der Waals surface area contributed by atoms with Crippen LogP contribution in [-0.2, 0) is 52.2 Å². The van der Waals surface area contributed by atoms with Crippen LogP contribution in [0.25, 0.3) is 0 Å². The second-order valence-electron chi connectivity index (χ2n) is 20.3. The Kier molecular flexibility index (Phi) is 21.0. The summed E-state index contributed by atoms with van der Waals surface area (Å²) in [7, 11) is 6.57. The van der Waals surface area contributed by atoms with Crippen LogP contribution in [0, 0.1) is 23.7 Å². The van der Waals surface area contributed by atoms with Crippen molar-refractivity contribution < 1.29 is 77.8 Å². The number of likely N-dealkylation sites (tertiary alicyclic amines) is 1. The number of aliphatic hydroxyl groups excluding tert-OH is 4. The number of likely N-dealkylation sites (N-methyl/N-ethyl adjacent to an activating group) is 1. The van der Waals surface area contributed by atoms with Gasteiger partial charge >= 0.3 is 5.97 Å². The van der Waals surface area contributed by atoms with E-state index in [0.29, 0.717) is 12.8 Å². The molecule has 0 bridgehead atoms. The maximum atomic E-state index is 14.0. The first-order chi connectivity index (χ1) is 32.1. The van der Waals surface area contributed by atoms with E-state index in [0.717, 1.165) is 31.5 Å². The number of ketones is 1. The van der Waals surface area contributed by atoms with Gasteiger partial charge in [0.1, 0.15) is 42.7 Å². The van der Waals surface area contributed by atoms with Crippen molar-refractivity contribution in [1.29, 1.82) is 0 Å². The fraction of sp³-hybridized carbons (Fsp3) is 0.840. The van der Waals surface area contributed by atoms with E-state index in [4.69, 9.17) is 42.6 Å². The molecule has 5 N–H and O–H groups in total. The fourth-order valence-electron chi connectivity index (χ4n) is 10.4. The Morgan fingerprint density at radius 1 is 0.853 bits per heavy atom. The first-order valence-electron chi connectivity index (χ1n) is 24.7. The lowest BCUT2D eigenvalue weighted by Crippen LogP contribution is -2.65. The Morgan fingerprint density at radius 3 is 2.13 bits per heavy atom. The van der Waals surface area contributed by atoms with Gasteiger partial charge in [0.15, 0.2) is 24.7 Å². The number of esters is 1. The molecular weight excluding hydrogens is 885 g/mol. The van der Waals surface area contributed by atoms with Gasteiger partial charge in [0.2, 0.25) is 0 Å². The summed E-state index contributed by atoms with van der Waals surface area (Å²) < 4.78 is 55.5. The molecule has 18 heteroatoms. The van der Waals surface area contributed by atoms with E-state index in [1.54, 1.807) is 53.9 Å². The first-order valence-corrected chi connectivity index (χ1v) is 24.7. The summed E-state index contributed by atoms with van der Waals surface area (Å²) in [5.74, 6) is -3.06. The Bertz CT molecular complexity index is 1690. The highest BCUT2D eigenvalue weighted by Gasteiger charge is 2.52. The maximum Gasteiger partial charge on any atom is 0.308 e. The first kappa shape index (κ1) is 56.5. The molecule has 0 unspecified atom stereocenters. The standard InChI is InChI=1S/C50H84N2O16/c1-13-37-34(26-62-49-46(61-12)45(60-11)41(56)30(5)64-49)22-27(2)16-17-35(53)28(3)23-33(18-21-52-19-14-15-20-52)43(29(4)36(54)24-38(55)66-37)68-48-42(57)40(51(9)10)44(31(6)65-48)67-39-25-50(8,59)47(58)32(7)63-39/h16-18,21-22,28-34,36-37,39-49,54,56-59H,13-15,19-20,23-26H2,1-12H3/b17-16+,21-18+,27-22+/t28-,29+,30-,31-,32+,33+,34-,36-,37-,39+,40-,41-,42-,43-,44-,45-,46-,47+,48+,49-,50-/m1/s1. The van der Waals surface area contributed by atoms with Crippen molar-refractivity contribution in [2.45, 2.75) is 198 Å². The highest BCUT2D eigenvalue weighted by Crippen LogP contribution is 2.37. The molecule has 0 aliphatic carbocycles. The molecule has 4 fully saturated rings. The number of methoxy groups -OCH3 is 2. The van der Waals surface area contributed by atoms with Gasteiger partial charge < -0.3 is 78.0 Å². The molecule has 4 saturated heterocycles. The van der Waals surface area contributed by atoms with E-state index in [2.05, 4.69) is 4.90 Å². The van der Waals surface area contributed by atoms with Crippen LogP contribution in [0.1, 0.15) is 93.9 Å². The van der Waals surface area contributed by atoms with E-state index in [1.165, 1.54) is 21.1 Å². The van der Waals surface area contributed by atoms with Crippen LogP contribution in [0.3, 0.4) is 0 Å². The number of aliphatic hydroxyl groups is 5. The maximum absolute atomic E-state index is 14.0. The van der Waals surface area contributed by atoms with Crippen LogP contribution in [0.5, 0.6) is 0 Å². The summed E-state index contributed by atoms with van der Waals surface area (Å²) in [6.07, 6.45) is -1.99. The molecule has 0 aromatic carbocycles. The number of rotatable bonds is 13. The molecule has 0 amide bonds. The number of hydrogen-bond donors (Lipinski definition) is 5. The average molecular weight is 969 g/mol. The number of carbonyl (C=O) groups excluding carboxylic acids is 2. The molecule has 0 saturated carbocycles. The van der Waals surface area contributed by atoms with Crippen LogP contribution < -0.4 is 0 Å². The Morgan fingerprint density at radius 2 is 1.51 bits per heavy atom. The monoisotopic (exact) mass is 969 g/mol. The Hall–Kier alpha value is -2.40. The lowest BCUT2D eigenvalue weighted by atomic mass is 9.81. The normalized spacial score (nSPS) is 45.3. The minimum atomic E-state index is -1.47. The minimum absolute atomic E-state index is 0.0111. The minimum Gasteiger partial charge on any atom is -0.462 e. The summed E-state index contributed by atoms with van der Waals surface area (Å²) in [6, 6.07) is -0.703. The van der Waals surface area contributed by atoms with Crippen molar-refractivity contribution >= 4 is 11.8 Å². The summed E-state index contributed by atoms with van der Waals surface area (Å²) in [4.78, 5) is 32.0. The zero-order valence-electron chi connectivity index (χ0n) is 42.4. The molecule has 18 nitrogen and oxygen atoms in total. The van der Waals surface area contributed by atoms with Gasteiger partial charge in [-0.2, -0.15) is 0 Å². The van der Waals surface area contributed by atoms with E-state index >= 15 is 0 Å². The lowest BCUT2D eigenvalue weighted by Gasteiger charge is -2.50. The van der Waals surface area contributed by atoms with E-state index in [1.807, 2.05) is 44.0 Å². The van der Waals surface area contributed by atoms with Gasteiger partial charge in [-0.25, -0.2) is 0 Å². The number of hydrogen-bond acceptors (Lipinski definition) is 18. The van der Waals surface area contributed by atoms with Gasteiger partial charge in [-0.05, 0) is 86.7 Å². The number of cyclic esters (lactones) is 1. The molecule has 5 rings (SSSR count). The largest absolute Gasteiger partial charge is 0.462 e. The topological polar surface area (TPSA) is 225 Å². The Labute approximate surface area is 403 Å². The molecule has 5 aliphatic rings. The number of ether oxygens (including phenoxy) is 9. The summed E-state index contributed by atoms with van der Waals surface area (Å²) in [6.45, 7) is 15.8. The number of allylic oxidation sites excluding steroid dienone is 3. The lowest BCUT2D eigenvalue weighted by molar-refractivity contribution is -0.341. The van der Waals surface area contributed by atoms with Crippen molar-refractivity contribution in [2.24, 2.45) is 23.7 Å². The van der Waals surface area contributed by atoms with Gasteiger partial charge in [0, 0.05) is 57.4 Å². The van der Waals surface area contributed by atoms with E-state index < -0.39 is 133 Å². The van der Waals surface area contributed by atoms with Crippen molar-refractivity contribution in [1.82, 2.24) is 9.80 Å². The highest BCUT2D eigenvalue weighted by molar-refractivity contribution is 5.91. The van der Waals surface area contributed by atoms with E-state index in [-0.39, 0.29) is 25.2 Å². The third kappa shape index (κ3) is 14.2. The van der Waals surface area contributed by atoms with Crippen LogP contribution in [0.2, 0.25) is 0 Å². The predicted octanol–water partition coefficient (Wildman–Crippen LogP) is 2.85. The van der Waals surface area contributed by atoms with Crippen LogP contribution >= 0.6 is 0 Å². The molecule has 0 aromatic heterocycles. The molecule has 5 aliphatic heterocycles. The molecule has 390 valence electrons. The fourth-order valence-corrected chi connectivity index (χ4v) is 10.4. The summed E-state index contributed by atoms with van der Waals surface area (Å²) in [5, 5.41) is 56.5. The van der Waals surface area contributed by atoms with Gasteiger partial charge in [0.25, 0.3) is 0 Å². The number of carbonyl (C=O) groups is 2. The molecule has 68 heavy (non-hydrogen) atoms. The van der Waals surface area contributed by atoms with Crippen LogP contribution in [0.15, 0.2) is 36.1 Å². The van der Waals surface area contributed by atoms with Gasteiger partial charge in [-0.1, -0.05) is 44.6 Å². The van der Waals surface area contributed by atoms with Crippen LogP contribution in [-0.4, -0.2) is 199 Å². The van der Waals surface area contributed by atoms with E-state index in [9.17, 15) is 35.1 Å². The molecule has 5 heterocycles. The summed E-state index contributed by atoms with van der Waals surface area (Å²) in [5.41, 5.74) is -0.741. The second-order valence-corrected chi connectivity index (χ2v) is 20.3. The molecule has 0 radical (unpaired) electrons. The zero-order valence-corrected chi connectivity index (χ0v) is 42.4. The van der Waals surface area contributed by atoms with Gasteiger partial charge in [-0.15, -0.1) is 0 Å². The molecular formula is C50H84N2O16. The molecule has 0 spiro atoms. The van der Waals surface area contributed by atoms with Crippen molar-refractivity contribution in [2.75, 3.05) is 48.0 Å². The van der Waals surface area contributed by atoms with Crippen molar-refractivity contribution in [3.8, 4) is 0 Å². The predicted molar refractivity (Wildman–Crippen MR) is 250 cm³/mol. The molecule has 0 aromatic rings. The SMILES string of the molecule is CC[C@H]1OC(=O)C[C@@H](O)[C@H](C)[C@@H](O[C@@H]2O[C@H](C)[C@@H](O[C@H]3C[C@@](C)(O)[C@@H](O)[C@H](C)O3)[C@H](N(C)C)[C@H]2O)[C@@H](/C=C/N2CCCC2)C[C@@H](C)C(=O)/C=C/C(C)=C/[C@@H]1CO[C@@H]1O[C@H](C)[C@@H](O)[C@@H](OC)[C@H]1OC. The van der Waals surface area contributed by atoms with Gasteiger partial charge in [0.05, 0.1) is 55.2 Å². The smallest absolute Gasteiger partial charge is 0.308 e. The third-order valence-corrected chi connectivity index (χ3v) is 14.6. The highest BCUT2D eigenvalue weighted by atomic mass is 16.7. The summed E-state index contributed by atoms with van der Waals surface area (Å²) >= 11 is 0. The third-order valence-electron chi connectivity index (χ3n) is 14.6.